The first-order valence-corrected chi connectivity index (χ1v) is 9.91. The van der Waals surface area contributed by atoms with E-state index in [0.717, 1.165) is 22.9 Å². The molecule has 2 rings (SSSR count). The van der Waals surface area contributed by atoms with Gasteiger partial charge in [-0.2, -0.15) is 5.26 Å². The van der Waals surface area contributed by atoms with Crippen LogP contribution in [-0.2, 0) is 17.1 Å². The van der Waals surface area contributed by atoms with Crippen molar-refractivity contribution in [1.82, 2.24) is 9.29 Å². The van der Waals surface area contributed by atoms with E-state index in [1.807, 2.05) is 0 Å². The molecule has 0 aliphatic carbocycles. The second-order valence-electron chi connectivity index (χ2n) is 6.99. The number of aryl methyl sites for hydroxylation is 1. The first-order chi connectivity index (χ1) is 13.4. The van der Waals surface area contributed by atoms with E-state index in [9.17, 15) is 22.0 Å². The van der Waals surface area contributed by atoms with Gasteiger partial charge in [0.25, 0.3) is 5.91 Å². The van der Waals surface area contributed by atoms with Crippen LogP contribution in [0, 0.1) is 23.0 Å². The third-order valence-electron chi connectivity index (χ3n) is 4.08. The third-order valence-corrected chi connectivity index (χ3v) is 5.77. The predicted octanol–water partition coefficient (Wildman–Crippen LogP) is 1.87. The van der Waals surface area contributed by atoms with Gasteiger partial charge in [0, 0.05) is 31.1 Å². The molecule has 8 nitrogen and oxygen atoms in total. The number of amides is 1. The molecule has 0 unspecified atom stereocenters. The number of nitrogens with one attached hydrogen (secondary N) is 2. The monoisotopic (exact) mass is 426 g/mol. The lowest BCUT2D eigenvalue weighted by atomic mass is 10.0. The van der Waals surface area contributed by atoms with Gasteiger partial charge in [0.15, 0.2) is 5.82 Å². The normalized spacial score (nSPS) is 11.9. The number of hydrogen-bond donors (Lipinski definition) is 3. The van der Waals surface area contributed by atoms with Crippen LogP contribution in [0.25, 0.3) is 0 Å². The highest BCUT2D eigenvalue weighted by Gasteiger charge is 2.32. The number of benzene rings is 1. The summed E-state index contributed by atoms with van der Waals surface area (Å²) in [7, 11) is -3.03. The highest BCUT2D eigenvalue weighted by molar-refractivity contribution is 7.89. The summed E-state index contributed by atoms with van der Waals surface area (Å²) in [6.45, 7) is 2.77. The summed E-state index contributed by atoms with van der Waals surface area (Å²) in [5.74, 6) is -3.02. The van der Waals surface area contributed by atoms with Crippen molar-refractivity contribution in [2.24, 2.45) is 7.05 Å². The summed E-state index contributed by atoms with van der Waals surface area (Å²) in [6, 6.07) is 4.85. The van der Waals surface area contributed by atoms with Gasteiger partial charge in [0.2, 0.25) is 10.0 Å². The molecule has 0 aliphatic heterocycles. The minimum atomic E-state index is -4.32. The van der Waals surface area contributed by atoms with Crippen LogP contribution >= 0.6 is 0 Å². The van der Waals surface area contributed by atoms with Crippen molar-refractivity contribution in [2.75, 3.05) is 11.9 Å². The molecule has 11 heteroatoms. The van der Waals surface area contributed by atoms with Gasteiger partial charge in [-0.05, 0) is 38.5 Å². The first kappa shape index (κ1) is 22.5. The van der Waals surface area contributed by atoms with Crippen LogP contribution in [0.5, 0.6) is 0 Å². The maximum Gasteiger partial charge on any atom is 0.275 e. The second-order valence-corrected chi connectivity index (χ2v) is 8.64. The highest BCUT2D eigenvalue weighted by atomic mass is 32.2. The molecule has 156 valence electrons. The van der Waals surface area contributed by atoms with Crippen LogP contribution < -0.4 is 10.0 Å². The maximum absolute atomic E-state index is 14.9. The van der Waals surface area contributed by atoms with Crippen molar-refractivity contribution in [2.45, 2.75) is 30.7 Å². The van der Waals surface area contributed by atoms with Crippen LogP contribution in [0.3, 0.4) is 0 Å². The van der Waals surface area contributed by atoms with E-state index < -0.39 is 43.7 Å². The Morgan fingerprint density at radius 2 is 2.00 bits per heavy atom. The molecule has 0 saturated heterocycles. The van der Waals surface area contributed by atoms with Gasteiger partial charge in [-0.25, -0.2) is 21.9 Å². The number of halogens is 2. The van der Waals surface area contributed by atoms with Gasteiger partial charge in [-0.15, -0.1) is 0 Å². The number of aliphatic hydroxyl groups is 1. The Morgan fingerprint density at radius 1 is 1.34 bits per heavy atom. The molecule has 1 aromatic carbocycles. The molecule has 1 heterocycles. The van der Waals surface area contributed by atoms with Crippen LogP contribution in [-0.4, -0.2) is 36.1 Å². The van der Waals surface area contributed by atoms with Crippen molar-refractivity contribution in [3.63, 3.8) is 0 Å². The lowest BCUT2D eigenvalue weighted by Crippen LogP contribution is -2.44. The molecule has 3 N–H and O–H groups in total. The lowest BCUT2D eigenvalue weighted by molar-refractivity contribution is 0.101. The Balaban J connectivity index is 2.36. The molecule has 0 radical (unpaired) electrons. The summed E-state index contributed by atoms with van der Waals surface area (Å²) >= 11 is 0. The number of sulfonamides is 1. The number of rotatable bonds is 7. The smallest absolute Gasteiger partial charge is 0.275 e. The molecule has 1 amide bonds. The fourth-order valence-corrected chi connectivity index (χ4v) is 4.21. The van der Waals surface area contributed by atoms with Crippen molar-refractivity contribution >= 4 is 21.6 Å². The minimum absolute atomic E-state index is 0.0418. The molecule has 0 spiro atoms. The lowest BCUT2D eigenvalue weighted by Gasteiger charge is -2.24. The van der Waals surface area contributed by atoms with Gasteiger partial charge in [-0.3, -0.25) is 4.79 Å². The van der Waals surface area contributed by atoms with Gasteiger partial charge in [-0.1, -0.05) is 0 Å². The zero-order chi connectivity index (χ0) is 22.0. The van der Waals surface area contributed by atoms with Crippen LogP contribution in [0.4, 0.5) is 14.5 Å². The maximum atomic E-state index is 14.9. The van der Waals surface area contributed by atoms with E-state index in [0.29, 0.717) is 0 Å². The zero-order valence-corrected chi connectivity index (χ0v) is 16.8. The minimum Gasteiger partial charge on any atom is -0.396 e. The molecule has 0 bridgehead atoms. The van der Waals surface area contributed by atoms with E-state index in [1.54, 1.807) is 6.07 Å². The predicted molar refractivity (Wildman–Crippen MR) is 101 cm³/mol. The fourth-order valence-electron chi connectivity index (χ4n) is 2.64. The van der Waals surface area contributed by atoms with Gasteiger partial charge < -0.3 is 15.0 Å². The number of carbonyl (C=O) groups is 1. The van der Waals surface area contributed by atoms with Crippen molar-refractivity contribution < 1.29 is 27.1 Å². The summed E-state index contributed by atoms with van der Waals surface area (Å²) in [4.78, 5) is 11.7. The highest BCUT2D eigenvalue weighted by Crippen LogP contribution is 2.24. The average molecular weight is 426 g/mol. The molecular weight excluding hydrogens is 406 g/mol. The molecule has 0 fully saturated rings. The van der Waals surface area contributed by atoms with Crippen LogP contribution in [0.1, 0.15) is 36.3 Å². The SMILES string of the molecule is Cn1cc(S(=O)(=O)NC(C)(C)CCO)c(F)c1C(=O)Nc1ccc(F)c(C#N)c1. The van der Waals surface area contributed by atoms with Crippen molar-refractivity contribution in [3.05, 3.63) is 47.3 Å². The molecular formula is C18H20F2N4O4S. The number of nitriles is 1. The Morgan fingerprint density at radius 3 is 2.59 bits per heavy atom. The van der Waals surface area contributed by atoms with Crippen molar-refractivity contribution in [1.29, 1.82) is 5.26 Å². The van der Waals surface area contributed by atoms with E-state index in [1.165, 1.54) is 27.0 Å². The topological polar surface area (TPSA) is 124 Å². The summed E-state index contributed by atoms with van der Waals surface area (Å²) < 4.78 is 56.7. The Kier molecular flexibility index (Phi) is 6.42. The van der Waals surface area contributed by atoms with E-state index in [4.69, 9.17) is 10.4 Å². The summed E-state index contributed by atoms with van der Waals surface area (Å²) in [6.07, 6.45) is 1.05. The molecule has 2 aromatic rings. The fraction of sp³-hybridized carbons (Fsp3) is 0.333. The quantitative estimate of drug-likeness (QED) is 0.623. The van der Waals surface area contributed by atoms with Crippen LogP contribution in [0.2, 0.25) is 0 Å². The number of hydrogen-bond acceptors (Lipinski definition) is 5. The van der Waals surface area contributed by atoms with Crippen LogP contribution in [0.15, 0.2) is 29.3 Å². The number of aromatic nitrogens is 1. The van der Waals surface area contributed by atoms with E-state index in [-0.39, 0.29) is 24.3 Å². The number of nitrogens with zero attached hydrogens (tertiary/aromatic N) is 2. The van der Waals surface area contributed by atoms with E-state index >= 15 is 0 Å². The molecule has 0 aliphatic rings. The number of carbonyl (C=O) groups excluding carboxylic acids is 1. The Bertz CT molecular complexity index is 1090. The molecule has 0 saturated carbocycles. The zero-order valence-electron chi connectivity index (χ0n) is 16.0. The summed E-state index contributed by atoms with van der Waals surface area (Å²) in [5.41, 5.74) is -1.87. The van der Waals surface area contributed by atoms with Crippen molar-refractivity contribution in [3.8, 4) is 6.07 Å². The van der Waals surface area contributed by atoms with Gasteiger partial charge in [0.05, 0.1) is 5.56 Å². The van der Waals surface area contributed by atoms with Gasteiger partial charge in [0.1, 0.15) is 22.5 Å². The van der Waals surface area contributed by atoms with Gasteiger partial charge >= 0.3 is 0 Å². The molecule has 1 aromatic heterocycles. The Labute approximate surface area is 166 Å². The summed E-state index contributed by atoms with van der Waals surface area (Å²) in [5, 5.41) is 20.2. The number of anilines is 1. The first-order valence-electron chi connectivity index (χ1n) is 8.42. The largest absolute Gasteiger partial charge is 0.396 e. The standard InChI is InChI=1S/C18H20F2N4O4S/c1-18(2,6-7-25)23-29(27,28)14-10-24(3)16(15(14)20)17(26)22-12-4-5-13(19)11(8-12)9-21/h4-5,8,10,23,25H,6-7H2,1-3H3,(H,22,26). The van der Waals surface area contributed by atoms with E-state index in [2.05, 4.69) is 10.0 Å². The molecule has 29 heavy (non-hydrogen) atoms. The third kappa shape index (κ3) is 4.97. The molecule has 0 atom stereocenters. The number of aliphatic hydroxyl groups excluding tert-OH is 1. The Hall–Kier alpha value is -2.81. The average Bonchev–Trinajstić information content (AvgIpc) is 2.90. The second kappa shape index (κ2) is 8.28.